The van der Waals surface area contributed by atoms with Crippen LogP contribution in [0.5, 0.6) is 0 Å². The van der Waals surface area contributed by atoms with Gasteiger partial charge in [-0.05, 0) is 37.1 Å². The lowest BCUT2D eigenvalue weighted by Gasteiger charge is -2.06. The Hall–Kier alpha value is -1.74. The van der Waals surface area contributed by atoms with Crippen LogP contribution in [0.4, 0.5) is 0 Å². The zero-order valence-electron chi connectivity index (χ0n) is 10.9. The summed E-state index contributed by atoms with van der Waals surface area (Å²) in [6.45, 7) is 4.30. The highest BCUT2D eigenvalue weighted by Gasteiger charge is 2.13. The SMILES string of the molecule is Cc1ccccc1CNC(=O)c1ccc(C(C)Cl)o1. The van der Waals surface area contributed by atoms with Crippen LogP contribution in [0.15, 0.2) is 40.8 Å². The molecule has 0 fully saturated rings. The van der Waals surface area contributed by atoms with E-state index in [2.05, 4.69) is 5.32 Å². The van der Waals surface area contributed by atoms with Gasteiger partial charge in [-0.2, -0.15) is 0 Å². The maximum absolute atomic E-state index is 11.9. The van der Waals surface area contributed by atoms with Crippen molar-refractivity contribution in [3.63, 3.8) is 0 Å². The third-order valence-corrected chi connectivity index (χ3v) is 3.16. The molecule has 1 atom stereocenters. The Morgan fingerprint density at radius 1 is 1.32 bits per heavy atom. The number of amides is 1. The van der Waals surface area contributed by atoms with Gasteiger partial charge in [0.2, 0.25) is 0 Å². The van der Waals surface area contributed by atoms with E-state index in [4.69, 9.17) is 16.0 Å². The third-order valence-electron chi connectivity index (χ3n) is 2.94. The second-order valence-electron chi connectivity index (χ2n) is 4.43. The second-order valence-corrected chi connectivity index (χ2v) is 5.08. The molecule has 0 aliphatic heterocycles. The number of carbonyl (C=O) groups is 1. The van der Waals surface area contributed by atoms with Crippen molar-refractivity contribution in [2.24, 2.45) is 0 Å². The lowest BCUT2D eigenvalue weighted by atomic mass is 10.1. The molecule has 100 valence electrons. The lowest BCUT2D eigenvalue weighted by Crippen LogP contribution is -2.22. The molecule has 0 saturated heterocycles. The summed E-state index contributed by atoms with van der Waals surface area (Å²) in [5, 5.41) is 2.59. The number of nitrogens with one attached hydrogen (secondary N) is 1. The van der Waals surface area contributed by atoms with Crippen molar-refractivity contribution in [1.82, 2.24) is 5.32 Å². The average molecular weight is 278 g/mol. The number of alkyl halides is 1. The summed E-state index contributed by atoms with van der Waals surface area (Å²) in [6, 6.07) is 11.3. The van der Waals surface area contributed by atoms with E-state index in [1.54, 1.807) is 19.1 Å². The van der Waals surface area contributed by atoms with Crippen LogP contribution in [0.25, 0.3) is 0 Å². The van der Waals surface area contributed by atoms with Gasteiger partial charge in [0.05, 0.1) is 5.38 Å². The maximum Gasteiger partial charge on any atom is 0.287 e. The summed E-state index contributed by atoms with van der Waals surface area (Å²) in [5.74, 6) is 0.658. The molecule has 0 aliphatic carbocycles. The minimum atomic E-state index is -0.238. The van der Waals surface area contributed by atoms with Gasteiger partial charge >= 0.3 is 0 Å². The minimum absolute atomic E-state index is 0.230. The van der Waals surface area contributed by atoms with Crippen molar-refractivity contribution >= 4 is 17.5 Å². The summed E-state index contributed by atoms with van der Waals surface area (Å²) in [4.78, 5) is 11.9. The highest BCUT2D eigenvalue weighted by molar-refractivity contribution is 6.20. The molecule has 0 spiro atoms. The number of carbonyl (C=O) groups excluding carboxylic acids is 1. The summed E-state index contributed by atoms with van der Waals surface area (Å²) in [7, 11) is 0. The molecule has 0 bridgehead atoms. The minimum Gasteiger partial charge on any atom is -0.454 e. The van der Waals surface area contributed by atoms with Crippen LogP contribution in [0.2, 0.25) is 0 Å². The molecular formula is C15H16ClNO2. The number of halogens is 1. The van der Waals surface area contributed by atoms with Crippen LogP contribution >= 0.6 is 11.6 Å². The number of rotatable bonds is 4. The van der Waals surface area contributed by atoms with Crippen molar-refractivity contribution in [3.8, 4) is 0 Å². The van der Waals surface area contributed by atoms with Gasteiger partial charge in [0.15, 0.2) is 5.76 Å². The van der Waals surface area contributed by atoms with Gasteiger partial charge < -0.3 is 9.73 Å². The molecule has 1 heterocycles. The number of hydrogen-bond acceptors (Lipinski definition) is 2. The third kappa shape index (κ3) is 3.38. The average Bonchev–Trinajstić information content (AvgIpc) is 2.87. The highest BCUT2D eigenvalue weighted by atomic mass is 35.5. The molecule has 1 aromatic heterocycles. The first kappa shape index (κ1) is 13.7. The van der Waals surface area contributed by atoms with E-state index in [0.29, 0.717) is 12.3 Å². The molecule has 1 N–H and O–H groups in total. The Balaban J connectivity index is 1.99. The predicted molar refractivity (Wildman–Crippen MR) is 75.3 cm³/mol. The van der Waals surface area contributed by atoms with Crippen LogP contribution < -0.4 is 5.32 Å². The van der Waals surface area contributed by atoms with Gasteiger partial charge in [0.25, 0.3) is 5.91 Å². The Kier molecular flexibility index (Phi) is 4.27. The zero-order chi connectivity index (χ0) is 13.8. The fourth-order valence-electron chi connectivity index (χ4n) is 1.76. The maximum atomic E-state index is 11.9. The second kappa shape index (κ2) is 5.93. The van der Waals surface area contributed by atoms with Crippen LogP contribution in [0.3, 0.4) is 0 Å². The molecule has 0 aliphatic rings. The Bertz CT molecular complexity index is 575. The molecule has 1 aromatic carbocycles. The smallest absolute Gasteiger partial charge is 0.287 e. The molecule has 4 heteroatoms. The molecule has 1 unspecified atom stereocenters. The largest absolute Gasteiger partial charge is 0.454 e. The predicted octanol–water partition coefficient (Wildman–Crippen LogP) is 3.82. The van der Waals surface area contributed by atoms with Crippen LogP contribution in [0.1, 0.15) is 39.7 Å². The first-order chi connectivity index (χ1) is 9.08. The van der Waals surface area contributed by atoms with Crippen molar-refractivity contribution in [2.45, 2.75) is 25.8 Å². The summed E-state index contributed by atoms with van der Waals surface area (Å²) in [6.07, 6.45) is 0. The Morgan fingerprint density at radius 3 is 2.68 bits per heavy atom. The number of furan rings is 1. The summed E-state index contributed by atoms with van der Waals surface area (Å²) < 4.78 is 5.38. The van der Waals surface area contributed by atoms with Crippen molar-refractivity contribution in [3.05, 3.63) is 59.0 Å². The van der Waals surface area contributed by atoms with Crippen LogP contribution in [-0.2, 0) is 6.54 Å². The topological polar surface area (TPSA) is 42.2 Å². The molecular weight excluding hydrogens is 262 g/mol. The van der Waals surface area contributed by atoms with Gasteiger partial charge in [-0.3, -0.25) is 4.79 Å². The highest BCUT2D eigenvalue weighted by Crippen LogP contribution is 2.21. The fraction of sp³-hybridized carbons (Fsp3) is 0.267. The lowest BCUT2D eigenvalue weighted by molar-refractivity contribution is 0.0921. The van der Waals surface area contributed by atoms with E-state index in [9.17, 15) is 4.79 Å². The van der Waals surface area contributed by atoms with E-state index in [0.717, 1.165) is 11.1 Å². The van der Waals surface area contributed by atoms with Gasteiger partial charge in [-0.15, -0.1) is 11.6 Å². The molecule has 2 aromatic rings. The van der Waals surface area contributed by atoms with Crippen molar-refractivity contribution < 1.29 is 9.21 Å². The van der Waals surface area contributed by atoms with Crippen LogP contribution in [0, 0.1) is 6.92 Å². The van der Waals surface area contributed by atoms with Gasteiger partial charge in [-0.25, -0.2) is 0 Å². The quantitative estimate of drug-likeness (QED) is 0.863. The van der Waals surface area contributed by atoms with Crippen molar-refractivity contribution in [2.75, 3.05) is 0 Å². The normalized spacial score (nSPS) is 12.2. The van der Waals surface area contributed by atoms with Crippen molar-refractivity contribution in [1.29, 1.82) is 0 Å². The van der Waals surface area contributed by atoms with Gasteiger partial charge in [0.1, 0.15) is 5.76 Å². The first-order valence-electron chi connectivity index (χ1n) is 6.14. The first-order valence-corrected chi connectivity index (χ1v) is 6.58. The fourth-order valence-corrected chi connectivity index (χ4v) is 1.88. The summed E-state index contributed by atoms with van der Waals surface area (Å²) >= 11 is 5.89. The number of hydrogen-bond donors (Lipinski definition) is 1. The van der Waals surface area contributed by atoms with E-state index >= 15 is 0 Å². The Labute approximate surface area is 117 Å². The van der Waals surface area contributed by atoms with E-state index in [1.807, 2.05) is 31.2 Å². The summed E-state index contributed by atoms with van der Waals surface area (Å²) in [5.41, 5.74) is 2.24. The Morgan fingerprint density at radius 2 is 2.05 bits per heavy atom. The van der Waals surface area contributed by atoms with E-state index < -0.39 is 0 Å². The molecule has 2 rings (SSSR count). The molecule has 3 nitrogen and oxygen atoms in total. The monoisotopic (exact) mass is 277 g/mol. The number of benzene rings is 1. The van der Waals surface area contributed by atoms with Gasteiger partial charge in [0, 0.05) is 6.54 Å². The molecule has 0 radical (unpaired) electrons. The standard InChI is InChI=1S/C15H16ClNO2/c1-10-5-3-4-6-12(10)9-17-15(18)14-8-7-13(19-14)11(2)16/h3-8,11H,9H2,1-2H3,(H,17,18). The van der Waals surface area contributed by atoms with E-state index in [1.165, 1.54) is 0 Å². The molecule has 0 saturated carbocycles. The number of aryl methyl sites for hydroxylation is 1. The zero-order valence-corrected chi connectivity index (χ0v) is 11.7. The molecule has 1 amide bonds. The van der Waals surface area contributed by atoms with E-state index in [-0.39, 0.29) is 17.0 Å². The van der Waals surface area contributed by atoms with Gasteiger partial charge in [-0.1, -0.05) is 24.3 Å². The molecule has 19 heavy (non-hydrogen) atoms. The van der Waals surface area contributed by atoms with Crippen LogP contribution in [-0.4, -0.2) is 5.91 Å².